The number of allylic oxidation sites excluding steroid dienone is 1. The minimum absolute atomic E-state index is 0.349. The van der Waals surface area contributed by atoms with Gasteiger partial charge in [-0.3, -0.25) is 0 Å². The van der Waals surface area contributed by atoms with E-state index in [1.807, 2.05) is 0 Å². The van der Waals surface area contributed by atoms with Crippen molar-refractivity contribution in [3.05, 3.63) is 28.8 Å². The van der Waals surface area contributed by atoms with E-state index in [1.54, 1.807) is 6.92 Å². The van der Waals surface area contributed by atoms with Gasteiger partial charge in [-0.1, -0.05) is 13.2 Å². The van der Waals surface area contributed by atoms with Crippen molar-refractivity contribution in [1.29, 1.82) is 0 Å². The van der Waals surface area contributed by atoms with Crippen LogP contribution < -0.4 is 22.0 Å². The van der Waals surface area contributed by atoms with Gasteiger partial charge >= 0.3 is 0 Å². The van der Waals surface area contributed by atoms with Crippen LogP contribution in [0.2, 0.25) is 0 Å². The Hall–Kier alpha value is -1.75. The number of anilines is 1. The highest BCUT2D eigenvalue weighted by Crippen LogP contribution is 1.99. The normalized spacial score (nSPS) is 11.5. The molecule has 14 heavy (non-hydrogen) atoms. The molecule has 74 valence electrons. The maximum atomic E-state index is 12.5. The summed E-state index contributed by atoms with van der Waals surface area (Å²) < 4.78 is 12.5. The third kappa shape index (κ3) is 2.14. The van der Waals surface area contributed by atoms with Crippen molar-refractivity contribution < 1.29 is 4.39 Å². The fraction of sp³-hybridized carbons (Fsp3) is 0.111. The summed E-state index contributed by atoms with van der Waals surface area (Å²) in [6.45, 7) is 8.43. The molecular weight excluding hydrogens is 183 g/mol. The minimum atomic E-state index is -0.586. The predicted octanol–water partition coefficient (Wildman–Crippen LogP) is -0.255. The molecule has 0 saturated carbocycles. The topological polar surface area (TPSA) is 63.8 Å². The molecule has 0 atom stereocenters. The third-order valence-corrected chi connectivity index (χ3v) is 1.60. The van der Waals surface area contributed by atoms with Gasteiger partial charge in [0.2, 0.25) is 0 Å². The molecule has 1 aromatic rings. The second-order valence-corrected chi connectivity index (χ2v) is 2.73. The quantitative estimate of drug-likeness (QED) is 0.503. The van der Waals surface area contributed by atoms with Crippen LogP contribution in [0.15, 0.2) is 12.4 Å². The van der Waals surface area contributed by atoms with Crippen LogP contribution in [0.1, 0.15) is 5.69 Å². The number of hydrogen-bond acceptors (Lipinski definition) is 4. The zero-order valence-corrected chi connectivity index (χ0v) is 7.84. The average Bonchev–Trinajstić information content (AvgIpc) is 2.10. The molecule has 0 amide bonds. The van der Waals surface area contributed by atoms with Crippen molar-refractivity contribution in [3.63, 3.8) is 0 Å². The Morgan fingerprint density at radius 2 is 2.21 bits per heavy atom. The van der Waals surface area contributed by atoms with Gasteiger partial charge in [-0.15, -0.1) is 0 Å². The van der Waals surface area contributed by atoms with E-state index in [1.165, 1.54) is 6.08 Å². The number of nitrogens with two attached hydrogens (primary N) is 1. The van der Waals surface area contributed by atoms with Crippen LogP contribution >= 0.6 is 0 Å². The Morgan fingerprint density at radius 3 is 2.71 bits per heavy atom. The molecule has 3 N–H and O–H groups in total. The maximum Gasteiger partial charge on any atom is 0.162 e. The highest BCUT2D eigenvalue weighted by molar-refractivity contribution is 5.42. The molecule has 1 aromatic heterocycles. The van der Waals surface area contributed by atoms with Crippen molar-refractivity contribution >= 4 is 18.5 Å². The van der Waals surface area contributed by atoms with Gasteiger partial charge in [0.1, 0.15) is 5.83 Å². The van der Waals surface area contributed by atoms with E-state index in [4.69, 9.17) is 5.84 Å². The van der Waals surface area contributed by atoms with Gasteiger partial charge in [0.25, 0.3) is 0 Å². The van der Waals surface area contributed by atoms with Gasteiger partial charge in [0, 0.05) is 6.08 Å². The van der Waals surface area contributed by atoms with Gasteiger partial charge in [0.05, 0.1) is 16.4 Å². The lowest BCUT2D eigenvalue weighted by Crippen LogP contribution is -2.33. The first-order valence-corrected chi connectivity index (χ1v) is 3.91. The molecule has 5 heteroatoms. The van der Waals surface area contributed by atoms with Crippen LogP contribution in [0.25, 0.3) is 12.7 Å². The van der Waals surface area contributed by atoms with Gasteiger partial charge < -0.3 is 5.43 Å². The highest BCUT2D eigenvalue weighted by atomic mass is 19.1. The molecule has 0 aliphatic heterocycles. The van der Waals surface area contributed by atoms with Gasteiger partial charge in [-0.25, -0.2) is 20.2 Å². The second kappa shape index (κ2) is 3.97. The second-order valence-electron chi connectivity index (χ2n) is 2.73. The Bertz CT molecular complexity index is 466. The third-order valence-electron chi connectivity index (χ3n) is 1.60. The maximum absolute atomic E-state index is 12.5. The predicted molar refractivity (Wildman–Crippen MR) is 54.1 cm³/mol. The van der Waals surface area contributed by atoms with E-state index in [0.717, 1.165) is 0 Å². The first-order valence-electron chi connectivity index (χ1n) is 3.91. The summed E-state index contributed by atoms with van der Waals surface area (Å²) in [5.41, 5.74) is 2.95. The van der Waals surface area contributed by atoms with E-state index >= 15 is 0 Å². The molecule has 4 nitrogen and oxygen atoms in total. The molecule has 0 bridgehead atoms. The minimum Gasteiger partial charge on any atom is -0.307 e. The van der Waals surface area contributed by atoms with Crippen LogP contribution in [0.3, 0.4) is 0 Å². The SMILES string of the molecule is C=C(F)/C=c1/nc(C)c(NN)nc1=C. The summed E-state index contributed by atoms with van der Waals surface area (Å²) in [5.74, 6) is 5.03. The van der Waals surface area contributed by atoms with Crippen LogP contribution in [0.4, 0.5) is 10.2 Å². The summed E-state index contributed by atoms with van der Waals surface area (Å²) in [4.78, 5) is 8.06. The lowest BCUT2D eigenvalue weighted by atomic mass is 10.4. The molecule has 0 spiro atoms. The molecule has 0 saturated heterocycles. The standard InChI is InChI=1S/C9H11FN4/c1-5(10)4-8-6(2)13-9(14-11)7(3)12-8/h4H,1-2,11H2,3H3,(H,13,14)/b8-4+. The molecule has 1 rings (SSSR count). The van der Waals surface area contributed by atoms with Crippen molar-refractivity contribution in [3.8, 4) is 0 Å². The smallest absolute Gasteiger partial charge is 0.162 e. The first-order chi connectivity index (χ1) is 6.54. The van der Waals surface area contributed by atoms with Crippen LogP contribution in [0.5, 0.6) is 0 Å². The molecule has 0 aliphatic carbocycles. The Labute approximate surface area is 80.7 Å². The first kappa shape index (κ1) is 10.3. The fourth-order valence-electron chi connectivity index (χ4n) is 0.972. The molecule has 0 aromatic carbocycles. The van der Waals surface area contributed by atoms with Crippen molar-refractivity contribution in [2.75, 3.05) is 5.43 Å². The number of hydrogen-bond donors (Lipinski definition) is 2. The lowest BCUT2D eigenvalue weighted by Gasteiger charge is -2.01. The van der Waals surface area contributed by atoms with E-state index in [2.05, 4.69) is 28.6 Å². The number of aromatic nitrogens is 2. The average molecular weight is 194 g/mol. The zero-order valence-electron chi connectivity index (χ0n) is 7.84. The summed E-state index contributed by atoms with van der Waals surface area (Å²) in [5, 5.41) is 0.705. The number of halogens is 1. The number of nitrogen functional groups attached to an aromatic ring is 1. The molecule has 0 fully saturated rings. The van der Waals surface area contributed by atoms with E-state index in [9.17, 15) is 4.39 Å². The number of aryl methyl sites for hydroxylation is 1. The molecule has 0 unspecified atom stereocenters. The van der Waals surface area contributed by atoms with E-state index < -0.39 is 5.83 Å². The summed E-state index contributed by atoms with van der Waals surface area (Å²) >= 11 is 0. The van der Waals surface area contributed by atoms with Crippen LogP contribution in [0, 0.1) is 6.92 Å². The van der Waals surface area contributed by atoms with Gasteiger partial charge in [-0.05, 0) is 6.92 Å². The van der Waals surface area contributed by atoms with Gasteiger partial charge in [-0.2, -0.15) is 0 Å². The van der Waals surface area contributed by atoms with Crippen molar-refractivity contribution in [1.82, 2.24) is 9.97 Å². The number of rotatable bonds is 2. The van der Waals surface area contributed by atoms with Crippen LogP contribution in [-0.4, -0.2) is 9.97 Å². The Balaban J connectivity index is 3.44. The monoisotopic (exact) mass is 194 g/mol. The highest BCUT2D eigenvalue weighted by Gasteiger charge is 1.99. The summed E-state index contributed by atoms with van der Waals surface area (Å²) in [6, 6.07) is 0. The van der Waals surface area contributed by atoms with Crippen molar-refractivity contribution in [2.24, 2.45) is 5.84 Å². The van der Waals surface area contributed by atoms with E-state index in [0.29, 0.717) is 22.2 Å². The number of nitrogens with zero attached hydrogens (tertiary/aromatic N) is 2. The van der Waals surface area contributed by atoms with E-state index in [-0.39, 0.29) is 0 Å². The number of hydrazine groups is 1. The Morgan fingerprint density at radius 1 is 1.57 bits per heavy atom. The molecule has 1 heterocycles. The van der Waals surface area contributed by atoms with Crippen LogP contribution in [-0.2, 0) is 0 Å². The number of nitrogens with one attached hydrogen (secondary N) is 1. The van der Waals surface area contributed by atoms with Gasteiger partial charge in [0.15, 0.2) is 5.82 Å². The lowest BCUT2D eigenvalue weighted by molar-refractivity contribution is 0.683. The molecular formula is C9H11FN4. The fourth-order valence-corrected chi connectivity index (χ4v) is 0.972. The zero-order chi connectivity index (χ0) is 10.7. The largest absolute Gasteiger partial charge is 0.307 e. The van der Waals surface area contributed by atoms with Crippen molar-refractivity contribution in [2.45, 2.75) is 6.92 Å². The molecule has 0 aliphatic rings. The summed E-state index contributed by atoms with van der Waals surface area (Å²) in [6.07, 6.45) is 1.17. The Kier molecular flexibility index (Phi) is 2.93. The summed E-state index contributed by atoms with van der Waals surface area (Å²) in [7, 11) is 0. The molecule has 0 radical (unpaired) electrons.